The van der Waals surface area contributed by atoms with E-state index in [4.69, 9.17) is 9.47 Å². The third-order valence-electron chi connectivity index (χ3n) is 6.40. The standard InChI is InChI=1S/C20H32F2N2O4/c1-3-27-18(25)16-8-15-7-13(5-6-14(15)10-23-16)11-24-12-20(21,22)9-17(24)19(26)28-4-2/h13-17,23H,3-12H2,1-2H3. The number of piperidine rings is 1. The Balaban J connectivity index is 1.59. The van der Waals surface area contributed by atoms with E-state index in [-0.39, 0.29) is 31.1 Å². The van der Waals surface area contributed by atoms with Crippen LogP contribution in [0.1, 0.15) is 46.0 Å². The summed E-state index contributed by atoms with van der Waals surface area (Å²) in [5.74, 6) is -2.44. The topological polar surface area (TPSA) is 67.9 Å². The number of rotatable bonds is 6. The molecule has 0 radical (unpaired) electrons. The highest BCUT2D eigenvalue weighted by molar-refractivity contribution is 5.76. The van der Waals surface area contributed by atoms with Crippen molar-refractivity contribution in [2.45, 2.75) is 64.0 Å². The van der Waals surface area contributed by atoms with Crippen molar-refractivity contribution in [3.63, 3.8) is 0 Å². The second-order valence-corrected chi connectivity index (χ2v) is 8.41. The van der Waals surface area contributed by atoms with Crippen molar-refractivity contribution in [1.82, 2.24) is 10.2 Å². The molecule has 2 aliphatic heterocycles. The summed E-state index contributed by atoms with van der Waals surface area (Å²) >= 11 is 0. The molecule has 0 amide bonds. The van der Waals surface area contributed by atoms with Crippen molar-refractivity contribution in [2.75, 3.05) is 32.8 Å². The Kier molecular flexibility index (Phi) is 6.91. The molecular weight excluding hydrogens is 370 g/mol. The first kappa shape index (κ1) is 21.4. The van der Waals surface area contributed by atoms with Crippen molar-refractivity contribution in [3.8, 4) is 0 Å². The van der Waals surface area contributed by atoms with Crippen molar-refractivity contribution >= 4 is 11.9 Å². The number of halogens is 2. The third kappa shape index (κ3) is 5.00. The molecule has 5 unspecified atom stereocenters. The Labute approximate surface area is 165 Å². The number of likely N-dealkylation sites (tertiary alicyclic amines) is 1. The Morgan fingerprint density at radius 2 is 1.79 bits per heavy atom. The summed E-state index contributed by atoms with van der Waals surface area (Å²) in [6.07, 6.45) is 3.16. The van der Waals surface area contributed by atoms with Crippen LogP contribution in [0, 0.1) is 17.8 Å². The van der Waals surface area contributed by atoms with Crippen molar-refractivity contribution in [3.05, 3.63) is 0 Å². The molecule has 5 atom stereocenters. The zero-order valence-electron chi connectivity index (χ0n) is 16.8. The molecule has 28 heavy (non-hydrogen) atoms. The lowest BCUT2D eigenvalue weighted by Crippen LogP contribution is -2.51. The molecule has 6 nitrogen and oxygen atoms in total. The van der Waals surface area contributed by atoms with Gasteiger partial charge < -0.3 is 14.8 Å². The zero-order valence-corrected chi connectivity index (χ0v) is 16.8. The van der Waals surface area contributed by atoms with Gasteiger partial charge in [-0.3, -0.25) is 14.5 Å². The van der Waals surface area contributed by atoms with Crippen molar-refractivity contribution in [2.24, 2.45) is 17.8 Å². The highest BCUT2D eigenvalue weighted by atomic mass is 19.3. The van der Waals surface area contributed by atoms with Crippen LogP contribution in [-0.2, 0) is 19.1 Å². The number of carbonyl (C=O) groups excluding carboxylic acids is 2. The minimum absolute atomic E-state index is 0.199. The molecule has 2 heterocycles. The summed E-state index contributed by atoms with van der Waals surface area (Å²) in [5.41, 5.74) is 0. The van der Waals surface area contributed by atoms with E-state index in [1.807, 2.05) is 0 Å². The molecule has 0 aromatic rings. The smallest absolute Gasteiger partial charge is 0.323 e. The van der Waals surface area contributed by atoms with E-state index >= 15 is 0 Å². The van der Waals surface area contributed by atoms with Gasteiger partial charge in [0.1, 0.15) is 12.1 Å². The average molecular weight is 402 g/mol. The van der Waals surface area contributed by atoms with E-state index in [2.05, 4.69) is 5.32 Å². The highest BCUT2D eigenvalue weighted by Crippen LogP contribution is 2.41. The number of nitrogens with one attached hydrogen (secondary N) is 1. The van der Waals surface area contributed by atoms with Gasteiger partial charge in [-0.1, -0.05) is 0 Å². The Bertz CT molecular complexity index is 574. The van der Waals surface area contributed by atoms with Gasteiger partial charge in [0.2, 0.25) is 0 Å². The van der Waals surface area contributed by atoms with E-state index in [1.165, 1.54) is 0 Å². The zero-order chi connectivity index (χ0) is 20.3. The number of esters is 2. The summed E-state index contributed by atoms with van der Waals surface area (Å²) in [5, 5.41) is 3.29. The lowest BCUT2D eigenvalue weighted by molar-refractivity contribution is -0.149. The monoisotopic (exact) mass is 402 g/mol. The van der Waals surface area contributed by atoms with Crippen LogP contribution in [0.4, 0.5) is 8.78 Å². The fraction of sp³-hybridized carbons (Fsp3) is 0.900. The maximum atomic E-state index is 14.0. The van der Waals surface area contributed by atoms with Gasteiger partial charge in [-0.2, -0.15) is 0 Å². The molecule has 8 heteroatoms. The summed E-state index contributed by atoms with van der Waals surface area (Å²) in [7, 11) is 0. The van der Waals surface area contributed by atoms with E-state index in [9.17, 15) is 18.4 Å². The second kappa shape index (κ2) is 9.03. The first-order valence-corrected chi connectivity index (χ1v) is 10.5. The van der Waals surface area contributed by atoms with Crippen LogP contribution in [0.25, 0.3) is 0 Å². The number of nitrogens with zero attached hydrogens (tertiary/aromatic N) is 1. The maximum absolute atomic E-state index is 14.0. The number of hydrogen-bond acceptors (Lipinski definition) is 6. The van der Waals surface area contributed by atoms with E-state index in [1.54, 1.807) is 18.7 Å². The molecule has 3 fully saturated rings. The summed E-state index contributed by atoms with van der Waals surface area (Å²) in [6, 6.07) is -1.13. The minimum Gasteiger partial charge on any atom is -0.465 e. The maximum Gasteiger partial charge on any atom is 0.323 e. The molecule has 3 aliphatic rings. The van der Waals surface area contributed by atoms with E-state index in [0.29, 0.717) is 25.0 Å². The lowest BCUT2D eigenvalue weighted by atomic mass is 9.69. The molecule has 0 bridgehead atoms. The van der Waals surface area contributed by atoms with E-state index < -0.39 is 24.4 Å². The first-order valence-electron chi connectivity index (χ1n) is 10.5. The third-order valence-corrected chi connectivity index (χ3v) is 6.40. The summed E-state index contributed by atoms with van der Waals surface area (Å²) in [4.78, 5) is 25.8. The summed E-state index contributed by atoms with van der Waals surface area (Å²) in [6.45, 7) is 4.96. The number of ether oxygens (including phenoxy) is 2. The molecule has 2 saturated heterocycles. The van der Waals surface area contributed by atoms with Crippen LogP contribution >= 0.6 is 0 Å². The molecule has 0 spiro atoms. The van der Waals surface area contributed by atoms with Crippen LogP contribution in [0.15, 0.2) is 0 Å². The quantitative estimate of drug-likeness (QED) is 0.687. The average Bonchev–Trinajstić information content (AvgIpc) is 2.96. The number of fused-ring (bicyclic) bond motifs is 1. The fourth-order valence-corrected chi connectivity index (χ4v) is 5.13. The van der Waals surface area contributed by atoms with Crippen molar-refractivity contribution < 1.29 is 27.8 Å². The molecule has 0 aromatic carbocycles. The van der Waals surface area contributed by atoms with Crippen LogP contribution in [0.5, 0.6) is 0 Å². The predicted octanol–water partition coefficient (Wildman–Crippen LogP) is 2.22. The number of hydrogen-bond donors (Lipinski definition) is 1. The Morgan fingerprint density at radius 1 is 1.07 bits per heavy atom. The number of alkyl halides is 2. The Morgan fingerprint density at radius 3 is 2.50 bits per heavy atom. The minimum atomic E-state index is -2.85. The van der Waals surface area contributed by atoms with Crippen LogP contribution in [0.3, 0.4) is 0 Å². The van der Waals surface area contributed by atoms with Gasteiger partial charge in [0, 0.05) is 13.0 Å². The molecule has 160 valence electrons. The van der Waals surface area contributed by atoms with Gasteiger partial charge >= 0.3 is 11.9 Å². The Hall–Kier alpha value is -1.28. The molecule has 0 aromatic heterocycles. The van der Waals surface area contributed by atoms with Crippen LogP contribution < -0.4 is 5.32 Å². The summed E-state index contributed by atoms with van der Waals surface area (Å²) < 4.78 is 38.1. The molecule has 1 aliphatic carbocycles. The lowest BCUT2D eigenvalue weighted by Gasteiger charge is -2.43. The fourth-order valence-electron chi connectivity index (χ4n) is 5.13. The van der Waals surface area contributed by atoms with Crippen LogP contribution in [-0.4, -0.2) is 67.7 Å². The SMILES string of the molecule is CCOC(=O)C1CC2CC(CN3CC(F)(F)CC3C(=O)OCC)CCC2CN1. The molecule has 1 N–H and O–H groups in total. The molecule has 3 rings (SSSR count). The van der Waals surface area contributed by atoms with Gasteiger partial charge in [-0.25, -0.2) is 8.78 Å². The normalized spacial score (nSPS) is 35.2. The van der Waals surface area contributed by atoms with Gasteiger partial charge in [-0.15, -0.1) is 0 Å². The van der Waals surface area contributed by atoms with Gasteiger partial charge in [0.15, 0.2) is 0 Å². The van der Waals surface area contributed by atoms with Gasteiger partial charge in [-0.05, 0) is 63.8 Å². The predicted molar refractivity (Wildman–Crippen MR) is 98.9 cm³/mol. The second-order valence-electron chi connectivity index (χ2n) is 8.41. The van der Waals surface area contributed by atoms with Gasteiger partial charge in [0.25, 0.3) is 5.92 Å². The molecular formula is C20H32F2N2O4. The largest absolute Gasteiger partial charge is 0.465 e. The molecule has 1 saturated carbocycles. The van der Waals surface area contributed by atoms with Gasteiger partial charge in [0.05, 0.1) is 19.8 Å². The highest BCUT2D eigenvalue weighted by Gasteiger charge is 2.49. The van der Waals surface area contributed by atoms with Crippen molar-refractivity contribution in [1.29, 1.82) is 0 Å². The number of carbonyl (C=O) groups is 2. The van der Waals surface area contributed by atoms with E-state index in [0.717, 1.165) is 32.2 Å². The first-order chi connectivity index (χ1) is 13.3. The van der Waals surface area contributed by atoms with Crippen LogP contribution in [0.2, 0.25) is 0 Å².